The van der Waals surface area contributed by atoms with Gasteiger partial charge in [-0.2, -0.15) is 0 Å². The summed E-state index contributed by atoms with van der Waals surface area (Å²) in [5, 5.41) is 0. The molecule has 1 saturated heterocycles. The summed E-state index contributed by atoms with van der Waals surface area (Å²) in [7, 11) is 0. The summed E-state index contributed by atoms with van der Waals surface area (Å²) in [6.07, 6.45) is 0.244. The molecule has 0 unspecified atom stereocenters. The quantitative estimate of drug-likeness (QED) is 0.446. The van der Waals surface area contributed by atoms with E-state index in [9.17, 15) is 14.0 Å². The lowest BCUT2D eigenvalue weighted by Gasteiger charge is -2.29. The van der Waals surface area contributed by atoms with Crippen LogP contribution in [0.3, 0.4) is 0 Å². The van der Waals surface area contributed by atoms with Crippen LogP contribution in [0.1, 0.15) is 17.5 Å². The number of nitrogens with one attached hydrogen (secondary N) is 4. The Labute approximate surface area is 170 Å². The average Bonchev–Trinajstić information content (AvgIpc) is 2.74. The number of quaternary nitrogens is 2. The molecular weight excluding hydrogens is 371 g/mol. The van der Waals surface area contributed by atoms with Gasteiger partial charge in [-0.15, -0.1) is 0 Å². The first-order valence-electron chi connectivity index (χ1n) is 10.1. The fourth-order valence-corrected chi connectivity index (χ4v) is 3.62. The number of rotatable bonds is 7. The summed E-state index contributed by atoms with van der Waals surface area (Å²) in [5.41, 5.74) is 6.45. The third-order valence-corrected chi connectivity index (χ3v) is 5.32. The molecule has 1 aliphatic heterocycles. The molecule has 2 aromatic carbocycles. The number of carbonyl (C=O) groups is 2. The van der Waals surface area contributed by atoms with Gasteiger partial charge in [-0.25, -0.2) is 4.39 Å². The minimum Gasteiger partial charge on any atom is -0.325 e. The van der Waals surface area contributed by atoms with Gasteiger partial charge in [0.05, 0.1) is 19.4 Å². The predicted octanol–water partition coefficient (Wildman–Crippen LogP) is -1.11. The van der Waals surface area contributed by atoms with Crippen LogP contribution in [0.2, 0.25) is 0 Å². The van der Waals surface area contributed by atoms with E-state index in [0.717, 1.165) is 39.3 Å². The lowest BCUT2D eigenvalue weighted by molar-refractivity contribution is -1.02. The van der Waals surface area contributed by atoms with Crippen molar-refractivity contribution >= 4 is 11.8 Å². The normalized spacial score (nSPS) is 18.8. The fraction of sp³-hybridized carbons (Fsp3) is 0.364. The molecule has 0 atom stereocenters. The van der Waals surface area contributed by atoms with Crippen LogP contribution in [-0.4, -0.2) is 44.5 Å². The first kappa shape index (κ1) is 21.0. The van der Waals surface area contributed by atoms with Crippen molar-refractivity contribution in [2.75, 3.05) is 32.7 Å². The summed E-state index contributed by atoms with van der Waals surface area (Å²) in [5.74, 6) is -1.08. The highest BCUT2D eigenvalue weighted by molar-refractivity contribution is 5.83. The maximum atomic E-state index is 13.6. The number of hydrazine groups is 1. The van der Waals surface area contributed by atoms with Crippen LogP contribution in [0, 0.1) is 5.82 Å². The van der Waals surface area contributed by atoms with E-state index in [1.54, 1.807) is 23.1 Å². The van der Waals surface area contributed by atoms with Gasteiger partial charge in [0.25, 0.3) is 0 Å². The Morgan fingerprint density at radius 2 is 1.45 bits per heavy atom. The van der Waals surface area contributed by atoms with E-state index in [4.69, 9.17) is 0 Å². The smallest absolute Gasteiger partial charge is 0.244 e. The van der Waals surface area contributed by atoms with Crippen LogP contribution in [0.15, 0.2) is 54.6 Å². The summed E-state index contributed by atoms with van der Waals surface area (Å²) in [6.45, 7) is 6.04. The Hall–Kier alpha value is -2.77. The second kappa shape index (κ2) is 10.7. The number of carbonyl (C=O) groups excluding carboxylic acids is 2. The molecule has 1 heterocycles. The standard InChI is InChI=1S/C22H27FN4O2/c23-20-9-5-4-8-19(20)16-22(29)25-24-21(28)10-11-26-12-14-27(15-13-26)17-18-6-2-1-3-7-18/h1-9H,10-17H2,(H,24,28)(H,25,29)/p+2. The molecule has 0 saturated carbocycles. The first-order valence-corrected chi connectivity index (χ1v) is 10.1. The highest BCUT2D eigenvalue weighted by atomic mass is 19.1. The van der Waals surface area contributed by atoms with Gasteiger partial charge in [0.1, 0.15) is 38.5 Å². The zero-order valence-corrected chi connectivity index (χ0v) is 16.5. The summed E-state index contributed by atoms with van der Waals surface area (Å²) >= 11 is 0. The number of hydrogen-bond donors (Lipinski definition) is 4. The van der Waals surface area contributed by atoms with Crippen molar-refractivity contribution < 1.29 is 23.8 Å². The monoisotopic (exact) mass is 400 g/mol. The van der Waals surface area contributed by atoms with Gasteiger partial charge in [0.15, 0.2) is 0 Å². The van der Waals surface area contributed by atoms with Crippen molar-refractivity contribution in [1.82, 2.24) is 10.9 Å². The number of halogens is 1. The zero-order chi connectivity index (χ0) is 20.5. The van der Waals surface area contributed by atoms with Gasteiger partial charge in [-0.05, 0) is 11.6 Å². The lowest BCUT2D eigenvalue weighted by atomic mass is 10.1. The van der Waals surface area contributed by atoms with E-state index >= 15 is 0 Å². The lowest BCUT2D eigenvalue weighted by Crippen LogP contribution is -3.27. The van der Waals surface area contributed by atoms with E-state index in [-0.39, 0.29) is 12.3 Å². The van der Waals surface area contributed by atoms with Gasteiger partial charge in [-0.1, -0.05) is 48.5 Å². The minimum absolute atomic E-state index is 0.107. The fourth-order valence-electron chi connectivity index (χ4n) is 3.62. The molecule has 1 fully saturated rings. The van der Waals surface area contributed by atoms with Crippen molar-refractivity contribution in [2.45, 2.75) is 19.4 Å². The van der Waals surface area contributed by atoms with Crippen molar-refractivity contribution in [2.24, 2.45) is 0 Å². The van der Waals surface area contributed by atoms with E-state index in [0.29, 0.717) is 12.0 Å². The Morgan fingerprint density at radius 1 is 0.828 bits per heavy atom. The molecule has 3 rings (SSSR count). The largest absolute Gasteiger partial charge is 0.325 e. The molecule has 6 nitrogen and oxygen atoms in total. The molecule has 0 aliphatic carbocycles. The molecule has 29 heavy (non-hydrogen) atoms. The predicted molar refractivity (Wildman–Crippen MR) is 107 cm³/mol. The molecule has 0 aromatic heterocycles. The van der Waals surface area contributed by atoms with Gasteiger partial charge in [-0.3, -0.25) is 20.4 Å². The zero-order valence-electron chi connectivity index (χ0n) is 16.5. The Morgan fingerprint density at radius 3 is 2.17 bits per heavy atom. The summed E-state index contributed by atoms with van der Waals surface area (Å²) in [6, 6.07) is 16.6. The van der Waals surface area contributed by atoms with Crippen molar-refractivity contribution in [1.29, 1.82) is 0 Å². The highest BCUT2D eigenvalue weighted by Crippen LogP contribution is 2.06. The summed E-state index contributed by atoms with van der Waals surface area (Å²) < 4.78 is 13.6. The maximum Gasteiger partial charge on any atom is 0.244 e. The van der Waals surface area contributed by atoms with Crippen LogP contribution in [0.5, 0.6) is 0 Å². The molecule has 2 amide bonds. The Bertz CT molecular complexity index is 807. The highest BCUT2D eigenvalue weighted by Gasteiger charge is 2.23. The van der Waals surface area contributed by atoms with Crippen molar-refractivity contribution in [3.8, 4) is 0 Å². The van der Waals surface area contributed by atoms with Gasteiger partial charge in [0.2, 0.25) is 11.8 Å². The average molecular weight is 400 g/mol. The van der Waals surface area contributed by atoms with Crippen molar-refractivity contribution in [3.05, 3.63) is 71.5 Å². The molecule has 0 bridgehead atoms. The van der Waals surface area contributed by atoms with Gasteiger partial charge in [0, 0.05) is 5.56 Å². The summed E-state index contributed by atoms with van der Waals surface area (Å²) in [4.78, 5) is 26.8. The van der Waals surface area contributed by atoms with Crippen LogP contribution in [-0.2, 0) is 22.6 Å². The Balaban J connectivity index is 1.30. The Kier molecular flexibility index (Phi) is 7.72. The molecular formula is C22H29FN4O2+2. The van der Waals surface area contributed by atoms with Gasteiger partial charge < -0.3 is 9.80 Å². The molecule has 4 N–H and O–H groups in total. The second-order valence-electron chi connectivity index (χ2n) is 7.53. The van der Waals surface area contributed by atoms with Crippen LogP contribution >= 0.6 is 0 Å². The van der Waals surface area contributed by atoms with E-state index < -0.39 is 11.7 Å². The van der Waals surface area contributed by atoms with Crippen LogP contribution in [0.4, 0.5) is 4.39 Å². The number of hydrogen-bond acceptors (Lipinski definition) is 2. The van der Waals surface area contributed by atoms with E-state index in [2.05, 4.69) is 35.1 Å². The molecule has 2 aromatic rings. The molecule has 7 heteroatoms. The minimum atomic E-state index is -0.436. The van der Waals surface area contributed by atoms with E-state index in [1.165, 1.54) is 16.5 Å². The van der Waals surface area contributed by atoms with Gasteiger partial charge >= 0.3 is 0 Å². The van der Waals surface area contributed by atoms with E-state index in [1.807, 2.05) is 6.07 Å². The van der Waals surface area contributed by atoms with Crippen LogP contribution in [0.25, 0.3) is 0 Å². The third kappa shape index (κ3) is 6.96. The number of benzene rings is 2. The number of amides is 2. The SMILES string of the molecule is O=C(CC[NH+]1CC[NH+](Cc2ccccc2)CC1)NNC(=O)Cc1ccccc1F. The topological polar surface area (TPSA) is 67.1 Å². The molecule has 0 radical (unpaired) electrons. The second-order valence-corrected chi connectivity index (χ2v) is 7.53. The van der Waals surface area contributed by atoms with Crippen molar-refractivity contribution in [3.63, 3.8) is 0 Å². The first-order chi connectivity index (χ1) is 14.1. The maximum absolute atomic E-state index is 13.6. The molecule has 1 aliphatic rings. The van der Waals surface area contributed by atoms with Crippen LogP contribution < -0.4 is 20.7 Å². The third-order valence-electron chi connectivity index (χ3n) is 5.32. The molecule has 154 valence electrons. The molecule has 0 spiro atoms. The number of piperazine rings is 1.